The number of benzene rings is 1. The highest BCUT2D eigenvalue weighted by Gasteiger charge is 2.26. The van der Waals surface area contributed by atoms with Gasteiger partial charge in [-0.3, -0.25) is 4.21 Å². The van der Waals surface area contributed by atoms with Gasteiger partial charge in [-0.2, -0.15) is 0 Å². The topological polar surface area (TPSA) is 29.1 Å². The van der Waals surface area contributed by atoms with E-state index in [1.807, 2.05) is 6.92 Å². The molecule has 0 saturated carbocycles. The van der Waals surface area contributed by atoms with Gasteiger partial charge in [0.05, 0.1) is 0 Å². The van der Waals surface area contributed by atoms with Crippen molar-refractivity contribution in [1.29, 1.82) is 0 Å². The molecule has 0 aromatic heterocycles. The van der Waals surface area contributed by atoms with Crippen molar-refractivity contribution >= 4 is 26.7 Å². The lowest BCUT2D eigenvalue weighted by Gasteiger charge is -2.28. The molecule has 16 heavy (non-hydrogen) atoms. The molecule has 1 aliphatic rings. The van der Waals surface area contributed by atoms with Gasteiger partial charge < -0.3 is 5.32 Å². The lowest BCUT2D eigenvalue weighted by Crippen LogP contribution is -2.41. The predicted molar refractivity (Wildman–Crippen MR) is 67.3 cm³/mol. The van der Waals surface area contributed by atoms with Gasteiger partial charge in [0.25, 0.3) is 0 Å². The van der Waals surface area contributed by atoms with Crippen molar-refractivity contribution in [3.63, 3.8) is 0 Å². The van der Waals surface area contributed by atoms with Crippen LogP contribution in [0.5, 0.6) is 0 Å². The fraction of sp³-hybridized carbons (Fsp3) is 0.455. The molecule has 5 heteroatoms. The molecule has 2 rings (SSSR count). The molecule has 0 spiro atoms. The number of rotatable bonds is 1. The molecule has 0 aliphatic carbocycles. The molecule has 0 radical (unpaired) electrons. The molecule has 1 aromatic carbocycles. The van der Waals surface area contributed by atoms with E-state index in [1.165, 1.54) is 6.07 Å². The highest BCUT2D eigenvalue weighted by Crippen LogP contribution is 2.25. The van der Waals surface area contributed by atoms with Crippen LogP contribution >= 0.6 is 15.9 Å². The fourth-order valence-electron chi connectivity index (χ4n) is 1.77. The monoisotopic (exact) mass is 305 g/mol. The molecule has 1 aromatic rings. The summed E-state index contributed by atoms with van der Waals surface area (Å²) in [5, 5.41) is 3.37. The van der Waals surface area contributed by atoms with Crippen LogP contribution in [0.25, 0.3) is 0 Å². The number of halogens is 2. The van der Waals surface area contributed by atoms with E-state index in [-0.39, 0.29) is 17.1 Å². The Bertz CT molecular complexity index is 426. The van der Waals surface area contributed by atoms with E-state index < -0.39 is 10.8 Å². The zero-order chi connectivity index (χ0) is 11.7. The van der Waals surface area contributed by atoms with Gasteiger partial charge in [0.2, 0.25) is 0 Å². The van der Waals surface area contributed by atoms with Crippen LogP contribution < -0.4 is 5.32 Å². The van der Waals surface area contributed by atoms with E-state index in [4.69, 9.17) is 0 Å². The molecule has 1 heterocycles. The smallest absolute Gasteiger partial charge is 0.128 e. The summed E-state index contributed by atoms with van der Waals surface area (Å²) in [5.74, 6) is 0.237. The van der Waals surface area contributed by atoms with Crippen molar-refractivity contribution in [3.05, 3.63) is 34.1 Å². The molecule has 3 atom stereocenters. The zero-order valence-corrected chi connectivity index (χ0v) is 11.3. The van der Waals surface area contributed by atoms with Gasteiger partial charge in [0.15, 0.2) is 0 Å². The molecule has 1 fully saturated rings. The Labute approximate surface area is 105 Å². The molecule has 88 valence electrons. The Hall–Kier alpha value is -0.260. The minimum Gasteiger partial charge on any atom is -0.308 e. The Morgan fingerprint density at radius 2 is 2.31 bits per heavy atom. The normalized spacial score (nSPS) is 30.3. The van der Waals surface area contributed by atoms with Crippen LogP contribution in [0.2, 0.25) is 0 Å². The first kappa shape index (κ1) is 12.2. The Morgan fingerprint density at radius 1 is 1.56 bits per heavy atom. The van der Waals surface area contributed by atoms with Crippen molar-refractivity contribution in [2.45, 2.75) is 18.2 Å². The second-order valence-corrected chi connectivity index (χ2v) is 6.80. The lowest BCUT2D eigenvalue weighted by atomic mass is 10.1. The van der Waals surface area contributed by atoms with Gasteiger partial charge in [0.1, 0.15) is 5.82 Å². The van der Waals surface area contributed by atoms with Crippen LogP contribution in [0.15, 0.2) is 22.7 Å². The predicted octanol–water partition coefficient (Wildman–Crippen LogP) is 2.37. The Kier molecular flexibility index (Phi) is 3.77. The lowest BCUT2D eigenvalue weighted by molar-refractivity contribution is 0.510. The maximum absolute atomic E-state index is 13.6. The number of hydrogen-bond donors (Lipinski definition) is 1. The summed E-state index contributed by atoms with van der Waals surface area (Å²) < 4.78 is 26.2. The summed E-state index contributed by atoms with van der Waals surface area (Å²) in [5.41, 5.74) is 0.592. The molecular weight excluding hydrogens is 293 g/mol. The summed E-state index contributed by atoms with van der Waals surface area (Å²) in [7, 11) is -0.875. The quantitative estimate of drug-likeness (QED) is 0.863. The second-order valence-electron chi connectivity index (χ2n) is 3.98. The first-order valence-electron chi connectivity index (χ1n) is 5.13. The fourth-order valence-corrected chi connectivity index (χ4v) is 3.39. The van der Waals surface area contributed by atoms with Crippen LogP contribution in [0, 0.1) is 5.82 Å². The van der Waals surface area contributed by atoms with Crippen LogP contribution in [0.3, 0.4) is 0 Å². The van der Waals surface area contributed by atoms with Crippen molar-refractivity contribution < 1.29 is 8.60 Å². The van der Waals surface area contributed by atoms with Gasteiger partial charge >= 0.3 is 0 Å². The third-order valence-corrected chi connectivity index (χ3v) is 4.98. The molecule has 0 amide bonds. The van der Waals surface area contributed by atoms with Crippen molar-refractivity contribution in [1.82, 2.24) is 5.32 Å². The summed E-state index contributed by atoms with van der Waals surface area (Å²) in [6.07, 6.45) is 0. The first-order valence-corrected chi connectivity index (χ1v) is 7.31. The average molecular weight is 306 g/mol. The van der Waals surface area contributed by atoms with Crippen LogP contribution in [0.1, 0.15) is 18.5 Å². The molecule has 1 N–H and O–H groups in total. The Morgan fingerprint density at radius 3 is 3.00 bits per heavy atom. The molecule has 2 nitrogen and oxygen atoms in total. The van der Waals surface area contributed by atoms with E-state index in [2.05, 4.69) is 21.2 Å². The maximum atomic E-state index is 13.6. The highest BCUT2D eigenvalue weighted by atomic mass is 79.9. The van der Waals surface area contributed by atoms with Crippen molar-refractivity contribution in [3.8, 4) is 0 Å². The molecule has 1 aliphatic heterocycles. The van der Waals surface area contributed by atoms with Gasteiger partial charge in [-0.25, -0.2) is 4.39 Å². The Balaban J connectivity index is 2.24. The highest BCUT2D eigenvalue weighted by molar-refractivity contribution is 9.10. The van der Waals surface area contributed by atoms with Crippen molar-refractivity contribution in [2.75, 3.05) is 12.3 Å². The van der Waals surface area contributed by atoms with Gasteiger partial charge in [-0.1, -0.05) is 15.9 Å². The van der Waals surface area contributed by atoms with E-state index in [1.54, 1.807) is 12.1 Å². The number of hydrogen-bond acceptors (Lipinski definition) is 2. The average Bonchev–Trinajstić information content (AvgIpc) is 2.26. The minimum atomic E-state index is -0.875. The standard InChI is InChI=1S/C11H13BrFNOS/c1-7-5-14-11(6-16(7)15)9-4-8(12)2-3-10(9)13/h2-4,7,11,14H,5-6H2,1H3. The zero-order valence-electron chi connectivity index (χ0n) is 8.87. The van der Waals surface area contributed by atoms with E-state index in [9.17, 15) is 8.60 Å². The van der Waals surface area contributed by atoms with Gasteiger partial charge in [0, 0.05) is 44.4 Å². The van der Waals surface area contributed by atoms with E-state index in [0.29, 0.717) is 17.9 Å². The summed E-state index contributed by atoms with van der Waals surface area (Å²) in [6.45, 7) is 2.61. The second kappa shape index (κ2) is 4.94. The third kappa shape index (κ3) is 2.52. The molecule has 1 saturated heterocycles. The summed E-state index contributed by atoms with van der Waals surface area (Å²) in [6, 6.07) is 4.71. The largest absolute Gasteiger partial charge is 0.308 e. The third-order valence-electron chi connectivity index (χ3n) is 2.76. The molecular formula is C11H13BrFNOS. The van der Waals surface area contributed by atoms with Gasteiger partial charge in [-0.15, -0.1) is 0 Å². The van der Waals surface area contributed by atoms with Crippen LogP contribution in [0.4, 0.5) is 4.39 Å². The van der Waals surface area contributed by atoms with E-state index >= 15 is 0 Å². The maximum Gasteiger partial charge on any atom is 0.128 e. The van der Waals surface area contributed by atoms with E-state index in [0.717, 1.165) is 4.47 Å². The minimum absolute atomic E-state index is 0.144. The van der Waals surface area contributed by atoms with Crippen LogP contribution in [-0.4, -0.2) is 21.8 Å². The van der Waals surface area contributed by atoms with Crippen LogP contribution in [-0.2, 0) is 10.8 Å². The summed E-state index contributed by atoms with van der Waals surface area (Å²) in [4.78, 5) is 0. The summed E-state index contributed by atoms with van der Waals surface area (Å²) >= 11 is 3.32. The van der Waals surface area contributed by atoms with Crippen molar-refractivity contribution in [2.24, 2.45) is 0 Å². The molecule has 0 bridgehead atoms. The SMILES string of the molecule is CC1CNC(c2cc(Br)ccc2F)CS1=O. The molecule has 3 unspecified atom stereocenters. The first-order chi connectivity index (χ1) is 7.58. The van der Waals surface area contributed by atoms with Gasteiger partial charge in [-0.05, 0) is 25.1 Å². The number of nitrogens with one attached hydrogen (secondary N) is 1.